The van der Waals surface area contributed by atoms with Gasteiger partial charge >= 0.3 is 0 Å². The summed E-state index contributed by atoms with van der Waals surface area (Å²) < 4.78 is 5.12. The van der Waals surface area contributed by atoms with E-state index < -0.39 is 4.92 Å². The fourth-order valence-electron chi connectivity index (χ4n) is 2.15. The Bertz CT molecular complexity index is 934. The van der Waals surface area contributed by atoms with Crippen LogP contribution in [0.4, 0.5) is 5.69 Å². The van der Waals surface area contributed by atoms with Gasteiger partial charge in [-0.1, -0.05) is 12.1 Å². The summed E-state index contributed by atoms with van der Waals surface area (Å²) in [6, 6.07) is 9.60. The van der Waals surface area contributed by atoms with E-state index in [1.165, 1.54) is 36.9 Å². The average molecular weight is 350 g/mol. The third kappa shape index (κ3) is 4.38. The van der Waals surface area contributed by atoms with Crippen molar-refractivity contribution in [3.63, 3.8) is 0 Å². The summed E-state index contributed by atoms with van der Waals surface area (Å²) in [6.45, 7) is 0.304. The highest BCUT2D eigenvalue weighted by molar-refractivity contribution is 5.91. The molecule has 26 heavy (non-hydrogen) atoms. The van der Waals surface area contributed by atoms with E-state index >= 15 is 0 Å². The lowest BCUT2D eigenvalue weighted by molar-refractivity contribution is -0.384. The van der Waals surface area contributed by atoms with Crippen LogP contribution < -0.4 is 5.32 Å². The maximum atomic E-state index is 11.8. The molecule has 2 heterocycles. The molecule has 3 rings (SSSR count). The number of nitrogens with one attached hydrogen (secondary N) is 1. The Balaban J connectivity index is 1.63. The van der Waals surface area contributed by atoms with Crippen molar-refractivity contribution in [3.05, 3.63) is 82.6 Å². The number of hydrogen-bond acceptors (Lipinski definition) is 6. The van der Waals surface area contributed by atoms with Crippen LogP contribution in [0.1, 0.15) is 11.3 Å². The van der Waals surface area contributed by atoms with E-state index in [0.717, 1.165) is 0 Å². The molecule has 1 aromatic carbocycles. The number of carbonyl (C=O) groups excluding carboxylic acids is 1. The van der Waals surface area contributed by atoms with Gasteiger partial charge in [-0.15, -0.1) is 0 Å². The van der Waals surface area contributed by atoms with E-state index in [2.05, 4.69) is 15.3 Å². The van der Waals surface area contributed by atoms with Crippen molar-refractivity contribution in [2.45, 2.75) is 6.54 Å². The van der Waals surface area contributed by atoms with Crippen molar-refractivity contribution >= 4 is 17.7 Å². The lowest BCUT2D eigenvalue weighted by Crippen LogP contribution is -2.19. The second-order valence-electron chi connectivity index (χ2n) is 5.28. The number of furan rings is 1. The molecular formula is C18H14N4O4. The van der Waals surface area contributed by atoms with Gasteiger partial charge in [-0.2, -0.15) is 0 Å². The minimum absolute atomic E-state index is 0.0247. The fraction of sp³-hybridized carbons (Fsp3) is 0.0556. The van der Waals surface area contributed by atoms with Crippen LogP contribution in [0.3, 0.4) is 0 Å². The first-order valence-electron chi connectivity index (χ1n) is 7.67. The first-order chi connectivity index (χ1) is 12.6. The first kappa shape index (κ1) is 17.0. The summed E-state index contributed by atoms with van der Waals surface area (Å²) in [5, 5.41) is 13.5. The number of non-ortho nitro benzene ring substituents is 1. The molecule has 0 radical (unpaired) electrons. The van der Waals surface area contributed by atoms with Crippen LogP contribution in [0.2, 0.25) is 0 Å². The van der Waals surface area contributed by atoms with E-state index in [1.54, 1.807) is 30.3 Å². The van der Waals surface area contributed by atoms with Gasteiger partial charge in [0.05, 0.1) is 17.7 Å². The molecule has 1 amide bonds. The van der Waals surface area contributed by atoms with Gasteiger partial charge in [-0.25, -0.2) is 9.97 Å². The molecule has 0 aliphatic rings. The summed E-state index contributed by atoms with van der Waals surface area (Å²) in [5.41, 5.74) is 1.15. The molecule has 8 heteroatoms. The lowest BCUT2D eigenvalue weighted by Gasteiger charge is -2.01. The highest BCUT2D eigenvalue weighted by atomic mass is 16.6. The molecule has 0 atom stereocenters. The van der Waals surface area contributed by atoms with Gasteiger partial charge in [0, 0.05) is 41.7 Å². The predicted molar refractivity (Wildman–Crippen MR) is 93.7 cm³/mol. The molecule has 0 aliphatic carbocycles. The smallest absolute Gasteiger partial charge is 0.270 e. The zero-order valence-electron chi connectivity index (χ0n) is 13.5. The second-order valence-corrected chi connectivity index (χ2v) is 5.28. The SMILES string of the molecule is O=C(/C=C/c1cnc(-c2cccc([N+](=O)[O-])c2)nc1)NCc1ccco1. The van der Waals surface area contributed by atoms with Crippen molar-refractivity contribution in [3.8, 4) is 11.4 Å². The van der Waals surface area contributed by atoms with E-state index in [1.807, 2.05) is 0 Å². The molecule has 8 nitrogen and oxygen atoms in total. The van der Waals surface area contributed by atoms with Crippen molar-refractivity contribution in [1.29, 1.82) is 0 Å². The number of nitro groups is 1. The Labute approximate surface area is 148 Å². The first-order valence-corrected chi connectivity index (χ1v) is 7.67. The fourth-order valence-corrected chi connectivity index (χ4v) is 2.15. The van der Waals surface area contributed by atoms with Crippen molar-refractivity contribution in [1.82, 2.24) is 15.3 Å². The molecule has 0 saturated heterocycles. The Kier molecular flexibility index (Phi) is 5.14. The van der Waals surface area contributed by atoms with Crippen molar-refractivity contribution < 1.29 is 14.1 Å². The molecule has 0 spiro atoms. The van der Waals surface area contributed by atoms with Crippen molar-refractivity contribution in [2.75, 3.05) is 0 Å². The third-order valence-electron chi connectivity index (χ3n) is 3.43. The molecule has 2 aromatic heterocycles. The highest BCUT2D eigenvalue weighted by Crippen LogP contribution is 2.20. The molecule has 0 bridgehead atoms. The minimum atomic E-state index is -0.470. The highest BCUT2D eigenvalue weighted by Gasteiger charge is 2.08. The summed E-state index contributed by atoms with van der Waals surface area (Å²) >= 11 is 0. The zero-order chi connectivity index (χ0) is 18.4. The van der Waals surface area contributed by atoms with Crippen LogP contribution in [0.15, 0.2) is 65.5 Å². The van der Waals surface area contributed by atoms with Gasteiger partial charge < -0.3 is 9.73 Å². The monoisotopic (exact) mass is 350 g/mol. The topological polar surface area (TPSA) is 111 Å². The van der Waals surface area contributed by atoms with Gasteiger partial charge in [0.15, 0.2) is 5.82 Å². The lowest BCUT2D eigenvalue weighted by atomic mass is 10.2. The quantitative estimate of drug-likeness (QED) is 0.415. The normalized spacial score (nSPS) is 10.8. The number of nitrogens with zero attached hydrogens (tertiary/aromatic N) is 3. The second kappa shape index (κ2) is 7.84. The van der Waals surface area contributed by atoms with Gasteiger partial charge in [-0.05, 0) is 18.2 Å². The summed E-state index contributed by atoms with van der Waals surface area (Å²) in [7, 11) is 0. The number of nitro benzene ring substituents is 1. The van der Waals surface area contributed by atoms with Crippen LogP contribution in [0, 0.1) is 10.1 Å². The molecule has 0 aliphatic heterocycles. The van der Waals surface area contributed by atoms with Crippen LogP contribution >= 0.6 is 0 Å². The number of hydrogen-bond donors (Lipinski definition) is 1. The standard InChI is InChI=1S/C18H14N4O4/c23-17(19-12-16-5-2-8-26-16)7-6-13-10-20-18(21-11-13)14-3-1-4-15(9-14)22(24)25/h1-11H,12H2,(H,19,23)/b7-6+. The summed E-state index contributed by atoms with van der Waals surface area (Å²) in [6.07, 6.45) is 7.57. The molecule has 1 N–H and O–H groups in total. The number of carbonyl (C=O) groups is 1. The number of aromatic nitrogens is 2. The zero-order valence-corrected chi connectivity index (χ0v) is 13.5. The summed E-state index contributed by atoms with van der Waals surface area (Å²) in [5.74, 6) is 0.758. The largest absolute Gasteiger partial charge is 0.467 e. The van der Waals surface area contributed by atoms with Crippen LogP contribution in [0.5, 0.6) is 0 Å². The van der Waals surface area contributed by atoms with Crippen LogP contribution in [0.25, 0.3) is 17.5 Å². The van der Waals surface area contributed by atoms with Crippen LogP contribution in [-0.4, -0.2) is 20.8 Å². The van der Waals surface area contributed by atoms with E-state index in [9.17, 15) is 14.9 Å². The van der Waals surface area contributed by atoms with Gasteiger partial charge in [-0.3, -0.25) is 14.9 Å². The number of rotatable bonds is 6. The average Bonchev–Trinajstić information content (AvgIpc) is 3.19. The van der Waals surface area contributed by atoms with Gasteiger partial charge in [0.25, 0.3) is 5.69 Å². The van der Waals surface area contributed by atoms with E-state index in [0.29, 0.717) is 29.3 Å². The Morgan fingerprint density at radius 1 is 1.23 bits per heavy atom. The Morgan fingerprint density at radius 3 is 2.73 bits per heavy atom. The maximum Gasteiger partial charge on any atom is 0.270 e. The summed E-state index contributed by atoms with van der Waals surface area (Å²) in [4.78, 5) is 30.5. The minimum Gasteiger partial charge on any atom is -0.467 e. The number of amides is 1. The maximum absolute atomic E-state index is 11.8. The Hall–Kier alpha value is -3.81. The van der Waals surface area contributed by atoms with E-state index in [-0.39, 0.29) is 11.6 Å². The van der Waals surface area contributed by atoms with Crippen LogP contribution in [-0.2, 0) is 11.3 Å². The Morgan fingerprint density at radius 2 is 2.04 bits per heavy atom. The molecule has 0 unspecified atom stereocenters. The molecular weight excluding hydrogens is 336 g/mol. The number of benzene rings is 1. The van der Waals surface area contributed by atoms with E-state index in [4.69, 9.17) is 4.42 Å². The molecule has 0 fully saturated rings. The van der Waals surface area contributed by atoms with Gasteiger partial charge in [0.2, 0.25) is 5.91 Å². The molecule has 0 saturated carbocycles. The van der Waals surface area contributed by atoms with Gasteiger partial charge in [0.1, 0.15) is 5.76 Å². The van der Waals surface area contributed by atoms with Crippen molar-refractivity contribution in [2.24, 2.45) is 0 Å². The third-order valence-corrected chi connectivity index (χ3v) is 3.43. The predicted octanol–water partition coefficient (Wildman–Crippen LogP) is 2.97. The molecule has 130 valence electrons. The molecule has 3 aromatic rings.